The predicted octanol–water partition coefficient (Wildman–Crippen LogP) is 2.13. The highest BCUT2D eigenvalue weighted by Gasteiger charge is 2.15. The summed E-state index contributed by atoms with van der Waals surface area (Å²) in [6.45, 7) is 0. The predicted molar refractivity (Wildman–Crippen MR) is 122 cm³/mol. The van der Waals surface area contributed by atoms with Crippen molar-refractivity contribution >= 4 is 43.0 Å². The number of ether oxygens (including phenoxy) is 1. The highest BCUT2D eigenvalue weighted by atomic mass is 32.2. The van der Waals surface area contributed by atoms with Crippen LogP contribution in [0.15, 0.2) is 65.6 Å². The third-order valence-electron chi connectivity index (χ3n) is 3.89. The molecular formula is C19H22N4O7S2. The van der Waals surface area contributed by atoms with Crippen molar-refractivity contribution in [3.05, 3.63) is 66.2 Å². The second-order valence-electron chi connectivity index (χ2n) is 6.53. The van der Waals surface area contributed by atoms with Gasteiger partial charge in [-0.1, -0.05) is 6.07 Å². The van der Waals surface area contributed by atoms with Crippen LogP contribution in [-0.4, -0.2) is 25.9 Å². The molecule has 0 saturated carbocycles. The fourth-order valence-electron chi connectivity index (χ4n) is 2.41. The van der Waals surface area contributed by atoms with E-state index in [0.29, 0.717) is 22.7 Å². The minimum atomic E-state index is -4.38. The summed E-state index contributed by atoms with van der Waals surface area (Å²) in [6.07, 6.45) is 0. The second-order valence-corrected chi connectivity index (χ2v) is 9.37. The Balaban J connectivity index is 0.000000244. The van der Waals surface area contributed by atoms with E-state index in [2.05, 4.69) is 0 Å². The molecule has 0 amide bonds. The molecule has 13 heteroatoms. The Kier molecular flexibility index (Phi) is 7.53. The Labute approximate surface area is 185 Å². The smallest absolute Gasteiger partial charge is 0.296 e. The zero-order valence-electron chi connectivity index (χ0n) is 16.5. The summed E-state index contributed by atoms with van der Waals surface area (Å²) in [5.74, 6) is 0.242. The maximum atomic E-state index is 11.1. The maximum Gasteiger partial charge on any atom is 0.296 e. The molecular weight excluding hydrogens is 460 g/mol. The molecule has 172 valence electrons. The number of anilines is 4. The lowest BCUT2D eigenvalue weighted by molar-refractivity contribution is 0.472. The zero-order valence-corrected chi connectivity index (χ0v) is 18.2. The minimum absolute atomic E-state index is 0.0489. The van der Waals surface area contributed by atoms with Gasteiger partial charge >= 0.3 is 0 Å². The van der Waals surface area contributed by atoms with Gasteiger partial charge in [0.15, 0.2) is 0 Å². The summed E-state index contributed by atoms with van der Waals surface area (Å²) in [7, 11) is -8.41. The molecule has 0 aliphatic carbocycles. The van der Waals surface area contributed by atoms with Gasteiger partial charge in [-0.05, 0) is 54.1 Å². The lowest BCUT2D eigenvalue weighted by Gasteiger charge is -2.08. The molecule has 0 unspecified atom stereocenters. The van der Waals surface area contributed by atoms with Gasteiger partial charge in [-0.3, -0.25) is 9.11 Å². The van der Waals surface area contributed by atoms with Crippen molar-refractivity contribution in [2.45, 2.75) is 10.6 Å². The van der Waals surface area contributed by atoms with E-state index in [1.807, 2.05) is 0 Å². The number of nitrogen functional groups attached to an aromatic ring is 4. The molecule has 10 N–H and O–H groups in total. The normalized spacial score (nSPS) is 11.3. The van der Waals surface area contributed by atoms with Crippen LogP contribution in [0.5, 0.6) is 11.5 Å². The first-order valence-electron chi connectivity index (χ1n) is 8.74. The summed E-state index contributed by atoms with van der Waals surface area (Å²) in [6, 6.07) is 15.0. The van der Waals surface area contributed by atoms with Crippen LogP contribution >= 0.6 is 0 Å². The van der Waals surface area contributed by atoms with E-state index in [1.165, 1.54) is 30.3 Å². The fourth-order valence-corrected chi connectivity index (χ4v) is 3.70. The number of nitrogens with two attached hydrogens (primary N) is 4. The molecule has 32 heavy (non-hydrogen) atoms. The standard InChI is InChI=1S/C12H12N2O4S.C7H10N2O3S/c13-8-1-3-9(4-2-8)18-10-5-6-11(14)12(7-10)19(15,16)17;8-6-2-1-5(7(9)3-6)4-13(10,11)12/h1-7H,13-14H2,(H,15,16,17);1-3H,4,8-9H2,(H,10,11,12). The molecule has 0 aliphatic heterocycles. The third kappa shape index (κ3) is 7.63. The molecule has 0 aromatic heterocycles. The van der Waals surface area contributed by atoms with Crippen molar-refractivity contribution in [3.63, 3.8) is 0 Å². The summed E-state index contributed by atoms with van der Waals surface area (Å²) in [5.41, 5.74) is 23.5. The Hall–Kier alpha value is -3.52. The first kappa shape index (κ1) is 24.7. The Morgan fingerprint density at radius 3 is 1.78 bits per heavy atom. The van der Waals surface area contributed by atoms with Gasteiger partial charge in [-0.25, -0.2) is 0 Å². The molecule has 0 spiro atoms. The topological polar surface area (TPSA) is 222 Å². The lowest BCUT2D eigenvalue weighted by Crippen LogP contribution is -2.04. The van der Waals surface area contributed by atoms with Crippen LogP contribution in [0.1, 0.15) is 5.56 Å². The average Bonchev–Trinajstić information content (AvgIpc) is 2.66. The van der Waals surface area contributed by atoms with Crippen molar-refractivity contribution in [2.75, 3.05) is 22.9 Å². The van der Waals surface area contributed by atoms with Crippen LogP contribution in [0.3, 0.4) is 0 Å². The quantitative estimate of drug-likeness (QED) is 0.228. The van der Waals surface area contributed by atoms with Crippen molar-refractivity contribution in [3.8, 4) is 11.5 Å². The average molecular weight is 483 g/mol. The molecule has 0 heterocycles. The molecule has 0 fully saturated rings. The summed E-state index contributed by atoms with van der Waals surface area (Å²) < 4.78 is 66.2. The van der Waals surface area contributed by atoms with E-state index >= 15 is 0 Å². The van der Waals surface area contributed by atoms with Gasteiger partial charge in [0.05, 0.1) is 5.69 Å². The van der Waals surface area contributed by atoms with E-state index in [1.54, 1.807) is 24.3 Å². The molecule has 0 radical (unpaired) electrons. The maximum absolute atomic E-state index is 11.1. The molecule has 0 aliphatic rings. The van der Waals surface area contributed by atoms with Gasteiger partial charge in [0.2, 0.25) is 0 Å². The van der Waals surface area contributed by atoms with E-state index in [4.69, 9.17) is 36.8 Å². The monoisotopic (exact) mass is 482 g/mol. The molecule has 3 rings (SSSR count). The van der Waals surface area contributed by atoms with Crippen LogP contribution in [0.25, 0.3) is 0 Å². The number of rotatable bonds is 5. The van der Waals surface area contributed by atoms with E-state index in [9.17, 15) is 16.8 Å². The van der Waals surface area contributed by atoms with Crippen molar-refractivity contribution in [2.24, 2.45) is 0 Å². The molecule has 0 atom stereocenters. The van der Waals surface area contributed by atoms with E-state index in [-0.39, 0.29) is 22.0 Å². The van der Waals surface area contributed by atoms with E-state index < -0.39 is 26.0 Å². The van der Waals surface area contributed by atoms with Crippen LogP contribution in [0, 0.1) is 0 Å². The molecule has 11 nitrogen and oxygen atoms in total. The summed E-state index contributed by atoms with van der Waals surface area (Å²) >= 11 is 0. The third-order valence-corrected chi connectivity index (χ3v) is 5.47. The molecule has 0 saturated heterocycles. The van der Waals surface area contributed by atoms with Crippen molar-refractivity contribution in [1.29, 1.82) is 0 Å². The Bertz CT molecular complexity index is 1310. The second kappa shape index (κ2) is 9.74. The molecule has 0 bridgehead atoms. The summed E-state index contributed by atoms with van der Waals surface area (Å²) in [5, 5.41) is 0. The SMILES string of the molecule is Nc1ccc(CS(=O)(=O)O)c(N)c1.Nc1ccc(Oc2ccc(N)c(S(=O)(=O)O)c2)cc1. The first-order chi connectivity index (χ1) is 14.7. The Morgan fingerprint density at radius 1 is 0.688 bits per heavy atom. The molecule has 3 aromatic rings. The Morgan fingerprint density at radius 2 is 1.25 bits per heavy atom. The lowest BCUT2D eigenvalue weighted by atomic mass is 10.2. The molecule has 3 aromatic carbocycles. The van der Waals surface area contributed by atoms with Crippen molar-refractivity contribution < 1.29 is 30.7 Å². The number of hydrogen-bond donors (Lipinski definition) is 6. The zero-order chi connectivity index (χ0) is 24.1. The first-order valence-corrected chi connectivity index (χ1v) is 11.8. The van der Waals surface area contributed by atoms with Gasteiger partial charge in [0.25, 0.3) is 20.2 Å². The van der Waals surface area contributed by atoms with Gasteiger partial charge in [0, 0.05) is 23.1 Å². The largest absolute Gasteiger partial charge is 0.457 e. The van der Waals surface area contributed by atoms with E-state index in [0.717, 1.165) is 6.07 Å². The van der Waals surface area contributed by atoms with Crippen molar-refractivity contribution in [1.82, 2.24) is 0 Å². The minimum Gasteiger partial charge on any atom is -0.457 e. The van der Waals surface area contributed by atoms with Gasteiger partial charge in [0.1, 0.15) is 22.1 Å². The van der Waals surface area contributed by atoms with Gasteiger partial charge in [-0.15, -0.1) is 0 Å². The number of benzene rings is 3. The van der Waals surface area contributed by atoms with Gasteiger partial charge in [-0.2, -0.15) is 16.8 Å². The fraction of sp³-hybridized carbons (Fsp3) is 0.0526. The summed E-state index contributed by atoms with van der Waals surface area (Å²) in [4.78, 5) is -0.388. The van der Waals surface area contributed by atoms with Gasteiger partial charge < -0.3 is 27.7 Å². The highest BCUT2D eigenvalue weighted by Crippen LogP contribution is 2.28. The van der Waals surface area contributed by atoms with Crippen LogP contribution in [0.4, 0.5) is 22.7 Å². The van der Waals surface area contributed by atoms with Crippen LogP contribution < -0.4 is 27.7 Å². The number of hydrogen-bond acceptors (Lipinski definition) is 9. The highest BCUT2D eigenvalue weighted by molar-refractivity contribution is 7.86. The van der Waals surface area contributed by atoms with Crippen LogP contribution in [-0.2, 0) is 26.0 Å². The van der Waals surface area contributed by atoms with Crippen LogP contribution in [0.2, 0.25) is 0 Å².